The number of imide groups is 1. The summed E-state index contributed by atoms with van der Waals surface area (Å²) in [7, 11) is 1.44. The van der Waals surface area contributed by atoms with Crippen molar-refractivity contribution >= 4 is 40.6 Å². The summed E-state index contributed by atoms with van der Waals surface area (Å²) in [6, 6.07) is 13.3. The van der Waals surface area contributed by atoms with Crippen molar-refractivity contribution in [2.24, 2.45) is 0 Å². The molecule has 0 saturated carbocycles. The largest absolute Gasteiger partial charge is 0.504 e. The molecule has 0 radical (unpaired) electrons. The van der Waals surface area contributed by atoms with Crippen LogP contribution in [-0.4, -0.2) is 71.8 Å². The number of aromatic hydroxyl groups is 1. The Morgan fingerprint density at radius 3 is 2.51 bits per heavy atom. The van der Waals surface area contributed by atoms with Crippen molar-refractivity contribution in [3.05, 3.63) is 71.2 Å². The average molecular weight is 494 g/mol. The molecule has 4 rings (SSSR count). The van der Waals surface area contributed by atoms with E-state index < -0.39 is 11.1 Å². The molecule has 2 aromatic carbocycles. The van der Waals surface area contributed by atoms with Gasteiger partial charge < -0.3 is 19.6 Å². The van der Waals surface area contributed by atoms with Crippen LogP contribution in [0.4, 0.5) is 10.5 Å². The zero-order valence-electron chi connectivity index (χ0n) is 19.5. The Morgan fingerprint density at radius 2 is 1.86 bits per heavy atom. The number of piperazine rings is 1. The molecule has 35 heavy (non-hydrogen) atoms. The highest BCUT2D eigenvalue weighted by atomic mass is 32.2. The van der Waals surface area contributed by atoms with E-state index in [-0.39, 0.29) is 28.9 Å². The maximum atomic E-state index is 12.9. The second kappa shape index (κ2) is 10.7. The number of carbonyl (C=O) groups excluding carboxylic acids is 3. The molecular formula is C26H27N3O5S. The molecule has 2 aliphatic heterocycles. The van der Waals surface area contributed by atoms with Crippen LogP contribution in [0, 0.1) is 0 Å². The number of nitrogens with zero attached hydrogens (tertiary/aromatic N) is 3. The number of phenolic OH excluding ortho intramolecular Hbond substituents is 1. The molecule has 2 fully saturated rings. The number of para-hydroxylation sites is 1. The lowest BCUT2D eigenvalue weighted by atomic mass is 10.1. The van der Waals surface area contributed by atoms with E-state index in [1.165, 1.54) is 7.11 Å². The third-order valence-electron chi connectivity index (χ3n) is 5.98. The summed E-state index contributed by atoms with van der Waals surface area (Å²) in [5, 5.41) is 9.80. The maximum Gasteiger partial charge on any atom is 0.294 e. The lowest BCUT2D eigenvalue weighted by Gasteiger charge is -2.36. The van der Waals surface area contributed by atoms with Crippen LogP contribution >= 0.6 is 11.8 Å². The van der Waals surface area contributed by atoms with Crippen molar-refractivity contribution < 1.29 is 24.2 Å². The number of amides is 3. The molecule has 0 aliphatic carbocycles. The van der Waals surface area contributed by atoms with Gasteiger partial charge in [-0.15, -0.1) is 6.58 Å². The van der Waals surface area contributed by atoms with Gasteiger partial charge in [-0.2, -0.15) is 0 Å². The zero-order chi connectivity index (χ0) is 24.9. The third-order valence-corrected chi connectivity index (χ3v) is 6.89. The smallest absolute Gasteiger partial charge is 0.294 e. The molecule has 0 aromatic heterocycles. The molecular weight excluding hydrogens is 466 g/mol. The second-order valence-corrected chi connectivity index (χ2v) is 9.19. The summed E-state index contributed by atoms with van der Waals surface area (Å²) < 4.78 is 5.23. The molecule has 2 aliphatic rings. The summed E-state index contributed by atoms with van der Waals surface area (Å²) in [6.45, 7) is 5.83. The summed E-state index contributed by atoms with van der Waals surface area (Å²) in [4.78, 5) is 43.5. The van der Waals surface area contributed by atoms with Crippen LogP contribution in [0.15, 0.2) is 60.0 Å². The number of thioether (sulfide) groups is 1. The quantitative estimate of drug-likeness (QED) is 0.466. The Morgan fingerprint density at radius 1 is 1.14 bits per heavy atom. The van der Waals surface area contributed by atoms with Crippen LogP contribution in [0.3, 0.4) is 0 Å². The fraction of sp³-hybridized carbons (Fsp3) is 0.269. The minimum absolute atomic E-state index is 0.00983. The monoisotopic (exact) mass is 493 g/mol. The Labute approximate surface area is 208 Å². The average Bonchev–Trinajstić information content (AvgIpc) is 3.13. The molecule has 2 aromatic rings. The number of benzene rings is 2. The molecule has 0 bridgehead atoms. The van der Waals surface area contributed by atoms with Crippen molar-refractivity contribution in [3.8, 4) is 11.5 Å². The van der Waals surface area contributed by atoms with Gasteiger partial charge in [0.1, 0.15) is 6.54 Å². The number of anilines is 1. The highest BCUT2D eigenvalue weighted by Crippen LogP contribution is 2.36. The van der Waals surface area contributed by atoms with Crippen molar-refractivity contribution in [1.82, 2.24) is 9.80 Å². The van der Waals surface area contributed by atoms with Crippen LogP contribution < -0.4 is 9.64 Å². The standard InChI is InChI=1S/C26H27N3O5S/c1-3-7-19-14-18(15-21(34-2)24(19)31)16-22-25(32)29(26(33)35-22)17-23(30)28-12-10-27(11-13-28)20-8-5-4-6-9-20/h3-6,8-9,14-16,31H,1,7,10-13,17H2,2H3/b22-16-. The first kappa shape index (κ1) is 24.4. The number of carbonyl (C=O) groups is 3. The van der Waals surface area contributed by atoms with Gasteiger partial charge in [-0.3, -0.25) is 19.3 Å². The molecule has 1 N–H and O–H groups in total. The number of methoxy groups -OCH3 is 1. The van der Waals surface area contributed by atoms with E-state index in [0.717, 1.165) is 22.3 Å². The van der Waals surface area contributed by atoms with E-state index in [1.807, 2.05) is 30.3 Å². The fourth-order valence-electron chi connectivity index (χ4n) is 4.12. The van der Waals surface area contributed by atoms with Crippen LogP contribution in [-0.2, 0) is 16.0 Å². The van der Waals surface area contributed by atoms with E-state index >= 15 is 0 Å². The third kappa shape index (κ3) is 5.35. The van der Waals surface area contributed by atoms with Gasteiger partial charge in [-0.1, -0.05) is 24.3 Å². The minimum atomic E-state index is -0.506. The highest BCUT2D eigenvalue weighted by Gasteiger charge is 2.37. The zero-order valence-corrected chi connectivity index (χ0v) is 20.3. The lowest BCUT2D eigenvalue weighted by Crippen LogP contribution is -2.51. The SMILES string of the molecule is C=CCc1cc(/C=C2\SC(=O)N(CC(=O)N3CCN(c4ccccc4)CC3)C2=O)cc(OC)c1O. The van der Waals surface area contributed by atoms with Gasteiger partial charge >= 0.3 is 0 Å². The molecule has 182 valence electrons. The van der Waals surface area contributed by atoms with Crippen LogP contribution in [0.5, 0.6) is 11.5 Å². The Bertz CT molecular complexity index is 1170. The van der Waals surface area contributed by atoms with E-state index in [4.69, 9.17) is 4.74 Å². The number of hydrogen-bond acceptors (Lipinski definition) is 7. The predicted octanol–water partition coefficient (Wildman–Crippen LogP) is 3.51. The lowest BCUT2D eigenvalue weighted by molar-refractivity contribution is -0.136. The second-order valence-electron chi connectivity index (χ2n) is 8.19. The van der Waals surface area contributed by atoms with Crippen LogP contribution in [0.2, 0.25) is 0 Å². The predicted molar refractivity (Wildman–Crippen MR) is 136 cm³/mol. The number of hydrogen-bond donors (Lipinski definition) is 1. The van der Waals surface area contributed by atoms with Gasteiger partial charge in [0.05, 0.1) is 12.0 Å². The Balaban J connectivity index is 1.42. The van der Waals surface area contributed by atoms with Gasteiger partial charge in [0.15, 0.2) is 11.5 Å². The van der Waals surface area contributed by atoms with Gasteiger partial charge in [-0.25, -0.2) is 0 Å². The fourth-order valence-corrected chi connectivity index (χ4v) is 4.95. The van der Waals surface area contributed by atoms with Crippen LogP contribution in [0.1, 0.15) is 11.1 Å². The number of ether oxygens (including phenoxy) is 1. The first-order valence-corrected chi connectivity index (χ1v) is 12.1. The first-order valence-electron chi connectivity index (χ1n) is 11.2. The van der Waals surface area contributed by atoms with Crippen molar-refractivity contribution in [2.45, 2.75) is 6.42 Å². The van der Waals surface area contributed by atoms with E-state index in [1.54, 1.807) is 29.2 Å². The molecule has 2 saturated heterocycles. The summed E-state index contributed by atoms with van der Waals surface area (Å²) >= 11 is 0.796. The van der Waals surface area contributed by atoms with Crippen molar-refractivity contribution in [1.29, 1.82) is 0 Å². The van der Waals surface area contributed by atoms with E-state index in [2.05, 4.69) is 11.5 Å². The first-order chi connectivity index (χ1) is 16.9. The summed E-state index contributed by atoms with van der Waals surface area (Å²) in [5.41, 5.74) is 2.30. The molecule has 0 atom stereocenters. The van der Waals surface area contributed by atoms with Gasteiger partial charge in [0.2, 0.25) is 5.91 Å². The van der Waals surface area contributed by atoms with Gasteiger partial charge in [0.25, 0.3) is 11.1 Å². The van der Waals surface area contributed by atoms with Gasteiger partial charge in [-0.05, 0) is 54.1 Å². The van der Waals surface area contributed by atoms with E-state index in [0.29, 0.717) is 43.7 Å². The number of phenols is 1. The van der Waals surface area contributed by atoms with Crippen molar-refractivity contribution in [3.63, 3.8) is 0 Å². The molecule has 2 heterocycles. The topological polar surface area (TPSA) is 90.4 Å². The number of rotatable bonds is 7. The van der Waals surface area contributed by atoms with E-state index in [9.17, 15) is 19.5 Å². The number of allylic oxidation sites excluding steroid dienone is 1. The molecule has 8 nitrogen and oxygen atoms in total. The van der Waals surface area contributed by atoms with Crippen molar-refractivity contribution in [2.75, 3.05) is 44.7 Å². The molecule has 9 heteroatoms. The Hall–Kier alpha value is -3.72. The summed E-state index contributed by atoms with van der Waals surface area (Å²) in [6.07, 6.45) is 3.64. The summed E-state index contributed by atoms with van der Waals surface area (Å²) in [5.74, 6) is -0.482. The minimum Gasteiger partial charge on any atom is -0.504 e. The normalized spacial score (nSPS) is 17.3. The molecule has 3 amide bonds. The van der Waals surface area contributed by atoms with Gasteiger partial charge in [0, 0.05) is 37.4 Å². The highest BCUT2D eigenvalue weighted by molar-refractivity contribution is 8.18. The van der Waals surface area contributed by atoms with Crippen LogP contribution in [0.25, 0.3) is 6.08 Å². The molecule has 0 spiro atoms. The molecule has 0 unspecified atom stereocenters. The maximum absolute atomic E-state index is 12.9. The Kier molecular flexibility index (Phi) is 7.45.